The highest BCUT2D eigenvalue weighted by Crippen LogP contribution is 2.11. The lowest BCUT2D eigenvalue weighted by molar-refractivity contribution is -0.132. The summed E-state index contributed by atoms with van der Waals surface area (Å²) in [6.45, 7) is 2.18. The van der Waals surface area contributed by atoms with Gasteiger partial charge in [0.05, 0.1) is 0 Å². The van der Waals surface area contributed by atoms with Gasteiger partial charge in [-0.2, -0.15) is 0 Å². The van der Waals surface area contributed by atoms with E-state index in [-0.39, 0.29) is 24.2 Å². The van der Waals surface area contributed by atoms with Gasteiger partial charge in [0.2, 0.25) is 5.91 Å². The number of carbonyl (C=O) groups is 2. The van der Waals surface area contributed by atoms with E-state index in [1.54, 1.807) is 12.1 Å². The van der Waals surface area contributed by atoms with E-state index >= 15 is 0 Å². The van der Waals surface area contributed by atoms with Crippen LogP contribution in [0, 0.1) is 0 Å². The Bertz CT molecular complexity index is 496. The van der Waals surface area contributed by atoms with Gasteiger partial charge in [-0.25, -0.2) is 0 Å². The van der Waals surface area contributed by atoms with Gasteiger partial charge in [0, 0.05) is 37.7 Å². The summed E-state index contributed by atoms with van der Waals surface area (Å²) in [5.41, 5.74) is 0.654. The van der Waals surface area contributed by atoms with Gasteiger partial charge >= 0.3 is 0 Å². The molecule has 1 aliphatic rings. The molecule has 0 spiro atoms. The zero-order valence-corrected chi connectivity index (χ0v) is 14.4. The average Bonchev–Trinajstić information content (AvgIpc) is 2.59. The number of benzene rings is 1. The Morgan fingerprint density at radius 2 is 2.00 bits per heavy atom. The SMILES string of the molecule is CNC1CCCN(C(=O)CCCNC(=O)c2ccccc2)C1.Cl. The van der Waals surface area contributed by atoms with Crippen LogP contribution in [-0.2, 0) is 4.79 Å². The lowest BCUT2D eigenvalue weighted by Gasteiger charge is -2.32. The van der Waals surface area contributed by atoms with Crippen molar-refractivity contribution in [1.82, 2.24) is 15.5 Å². The van der Waals surface area contributed by atoms with Crippen molar-refractivity contribution < 1.29 is 9.59 Å². The molecule has 0 aromatic heterocycles. The molecule has 2 N–H and O–H groups in total. The Labute approximate surface area is 144 Å². The van der Waals surface area contributed by atoms with Gasteiger partial charge in [-0.3, -0.25) is 9.59 Å². The number of halogens is 1. The Morgan fingerprint density at radius 1 is 1.26 bits per heavy atom. The smallest absolute Gasteiger partial charge is 0.251 e. The number of carbonyl (C=O) groups excluding carboxylic acids is 2. The van der Waals surface area contributed by atoms with Crippen LogP contribution in [0.2, 0.25) is 0 Å². The van der Waals surface area contributed by atoms with Gasteiger partial charge in [-0.05, 0) is 38.4 Å². The van der Waals surface area contributed by atoms with Crippen LogP contribution in [0.5, 0.6) is 0 Å². The summed E-state index contributed by atoms with van der Waals surface area (Å²) in [6, 6.07) is 9.54. The third kappa shape index (κ3) is 6.20. The third-order valence-electron chi connectivity index (χ3n) is 4.07. The van der Waals surface area contributed by atoms with Crippen molar-refractivity contribution in [3.8, 4) is 0 Å². The zero-order chi connectivity index (χ0) is 15.8. The molecular formula is C17H26ClN3O2. The van der Waals surface area contributed by atoms with E-state index in [4.69, 9.17) is 0 Å². The highest BCUT2D eigenvalue weighted by atomic mass is 35.5. The summed E-state index contributed by atoms with van der Waals surface area (Å²) in [5.74, 6) is 0.107. The molecule has 1 unspecified atom stereocenters. The molecule has 0 bridgehead atoms. The van der Waals surface area contributed by atoms with Crippen molar-refractivity contribution >= 4 is 24.2 Å². The fraction of sp³-hybridized carbons (Fsp3) is 0.529. The Kier molecular flexibility index (Phi) is 8.66. The number of nitrogens with zero attached hydrogens (tertiary/aromatic N) is 1. The van der Waals surface area contributed by atoms with Crippen LogP contribution in [0.15, 0.2) is 30.3 Å². The van der Waals surface area contributed by atoms with Crippen molar-refractivity contribution in [2.45, 2.75) is 31.7 Å². The summed E-state index contributed by atoms with van der Waals surface area (Å²) >= 11 is 0. The summed E-state index contributed by atoms with van der Waals surface area (Å²) in [6.07, 6.45) is 3.36. The molecule has 1 atom stereocenters. The van der Waals surface area contributed by atoms with E-state index in [0.717, 1.165) is 25.9 Å². The molecule has 1 aliphatic heterocycles. The largest absolute Gasteiger partial charge is 0.352 e. The van der Waals surface area contributed by atoms with E-state index in [9.17, 15) is 9.59 Å². The second-order valence-corrected chi connectivity index (χ2v) is 5.69. The van der Waals surface area contributed by atoms with E-state index in [2.05, 4.69) is 10.6 Å². The molecule has 0 saturated carbocycles. The maximum absolute atomic E-state index is 12.2. The van der Waals surface area contributed by atoms with E-state index < -0.39 is 0 Å². The molecule has 6 heteroatoms. The van der Waals surface area contributed by atoms with Crippen molar-refractivity contribution in [3.63, 3.8) is 0 Å². The number of rotatable bonds is 6. The van der Waals surface area contributed by atoms with Crippen molar-refractivity contribution in [2.75, 3.05) is 26.7 Å². The van der Waals surface area contributed by atoms with Crippen molar-refractivity contribution in [3.05, 3.63) is 35.9 Å². The summed E-state index contributed by atoms with van der Waals surface area (Å²) in [5, 5.41) is 6.09. The lowest BCUT2D eigenvalue weighted by atomic mass is 10.1. The highest BCUT2D eigenvalue weighted by Gasteiger charge is 2.21. The van der Waals surface area contributed by atoms with Crippen LogP contribution >= 0.6 is 12.4 Å². The fourth-order valence-electron chi connectivity index (χ4n) is 2.73. The fourth-order valence-corrected chi connectivity index (χ4v) is 2.73. The van der Waals surface area contributed by atoms with Gasteiger partial charge in [-0.15, -0.1) is 12.4 Å². The van der Waals surface area contributed by atoms with Gasteiger partial charge in [0.25, 0.3) is 5.91 Å². The third-order valence-corrected chi connectivity index (χ3v) is 4.07. The normalized spacial score (nSPS) is 17.3. The topological polar surface area (TPSA) is 61.4 Å². The molecule has 1 aromatic carbocycles. The molecule has 2 rings (SSSR count). The number of hydrogen-bond donors (Lipinski definition) is 2. The van der Waals surface area contributed by atoms with Crippen LogP contribution in [0.25, 0.3) is 0 Å². The molecule has 1 saturated heterocycles. The number of nitrogens with one attached hydrogen (secondary N) is 2. The predicted octanol–water partition coefficient (Wildman–Crippen LogP) is 1.83. The average molecular weight is 340 g/mol. The van der Waals surface area contributed by atoms with Crippen LogP contribution in [0.3, 0.4) is 0 Å². The van der Waals surface area contributed by atoms with E-state index in [1.165, 1.54) is 0 Å². The first-order valence-corrected chi connectivity index (χ1v) is 7.99. The number of likely N-dealkylation sites (tertiary alicyclic amines) is 1. The maximum Gasteiger partial charge on any atom is 0.251 e. The molecule has 1 fully saturated rings. The molecule has 0 aliphatic carbocycles. The zero-order valence-electron chi connectivity index (χ0n) is 13.6. The lowest BCUT2D eigenvalue weighted by Crippen LogP contribution is -2.47. The van der Waals surface area contributed by atoms with E-state index in [0.29, 0.717) is 31.0 Å². The molecule has 1 aromatic rings. The molecule has 0 radical (unpaired) electrons. The highest BCUT2D eigenvalue weighted by molar-refractivity contribution is 5.94. The Balaban J connectivity index is 0.00000264. The summed E-state index contributed by atoms with van der Waals surface area (Å²) in [4.78, 5) is 26.0. The first-order chi connectivity index (χ1) is 10.7. The van der Waals surface area contributed by atoms with Crippen LogP contribution < -0.4 is 10.6 Å². The van der Waals surface area contributed by atoms with Crippen molar-refractivity contribution in [2.24, 2.45) is 0 Å². The summed E-state index contributed by atoms with van der Waals surface area (Å²) in [7, 11) is 1.94. The number of piperidine rings is 1. The molecule has 23 heavy (non-hydrogen) atoms. The molecule has 1 heterocycles. The standard InChI is InChI=1S/C17H25N3O2.ClH/c1-18-15-9-6-12-20(13-15)16(21)10-5-11-19-17(22)14-7-3-2-4-8-14;/h2-4,7-8,15,18H,5-6,9-13H2,1H3,(H,19,22);1H. The first kappa shape index (κ1) is 19.5. The molecule has 5 nitrogen and oxygen atoms in total. The monoisotopic (exact) mass is 339 g/mol. The number of likely N-dealkylation sites (N-methyl/N-ethyl adjacent to an activating group) is 1. The van der Waals surface area contributed by atoms with Gasteiger partial charge in [0.15, 0.2) is 0 Å². The van der Waals surface area contributed by atoms with E-state index in [1.807, 2.05) is 30.1 Å². The quantitative estimate of drug-likeness (QED) is 0.777. The van der Waals surface area contributed by atoms with Gasteiger partial charge in [-0.1, -0.05) is 18.2 Å². The summed E-state index contributed by atoms with van der Waals surface area (Å²) < 4.78 is 0. The Morgan fingerprint density at radius 3 is 2.70 bits per heavy atom. The van der Waals surface area contributed by atoms with Gasteiger partial charge < -0.3 is 15.5 Å². The number of amides is 2. The first-order valence-electron chi connectivity index (χ1n) is 7.99. The number of hydrogen-bond acceptors (Lipinski definition) is 3. The van der Waals surface area contributed by atoms with Crippen LogP contribution in [0.1, 0.15) is 36.0 Å². The predicted molar refractivity (Wildman–Crippen MR) is 93.9 cm³/mol. The minimum absolute atomic E-state index is 0. The van der Waals surface area contributed by atoms with Gasteiger partial charge in [0.1, 0.15) is 0 Å². The Hall–Kier alpha value is -1.59. The van der Waals surface area contributed by atoms with Crippen LogP contribution in [0.4, 0.5) is 0 Å². The maximum atomic E-state index is 12.2. The molecule has 128 valence electrons. The molecular weight excluding hydrogens is 314 g/mol. The minimum atomic E-state index is -0.0822. The van der Waals surface area contributed by atoms with Crippen molar-refractivity contribution in [1.29, 1.82) is 0 Å². The molecule has 2 amide bonds. The second kappa shape index (κ2) is 10.2. The second-order valence-electron chi connectivity index (χ2n) is 5.69. The minimum Gasteiger partial charge on any atom is -0.352 e. The van der Waals surface area contributed by atoms with Crippen LogP contribution in [-0.4, -0.2) is 49.4 Å².